The van der Waals surface area contributed by atoms with Gasteiger partial charge in [-0.05, 0) is 5.21 Å². The highest BCUT2D eigenvalue weighted by Gasteiger charge is 2.45. The van der Waals surface area contributed by atoms with Crippen LogP contribution in [-0.2, 0) is 0 Å². The molecule has 0 rings (SSSR count). The van der Waals surface area contributed by atoms with Gasteiger partial charge in [-0.3, -0.25) is 0 Å². The molecule has 0 nitrogen and oxygen atoms in total. The van der Waals surface area contributed by atoms with Crippen molar-refractivity contribution < 1.29 is 0 Å². The zero-order valence-electron chi connectivity index (χ0n) is 6.58. The Kier molecular flexibility index (Phi) is 5.71. The lowest BCUT2D eigenvalue weighted by molar-refractivity contribution is 0.687. The summed E-state index contributed by atoms with van der Waals surface area (Å²) in [6.45, 7) is 3.97. The maximum Gasteiger partial charge on any atom is 0.353 e. The second kappa shape index (κ2) is 5.11. The summed E-state index contributed by atoms with van der Waals surface area (Å²) >= 11 is 23.2. The number of hydrogen-bond donors (Lipinski definition) is 0. The van der Waals surface area contributed by atoms with Crippen LogP contribution in [0.2, 0.25) is 5.21 Å². The Hall–Kier alpha value is 1.29. The smallest absolute Gasteiger partial charge is 0.172 e. The summed E-state index contributed by atoms with van der Waals surface area (Å²) in [5, 5.41) is -0.355. The molecule has 0 unspecified atom stereocenters. The summed E-state index contributed by atoms with van der Waals surface area (Å²) in [5.41, 5.74) is -1.00. The van der Waals surface area contributed by atoms with Crippen LogP contribution in [0, 0.1) is 0 Å². The minimum Gasteiger partial charge on any atom is -0.172 e. The van der Waals surface area contributed by atoms with Crippen LogP contribution in [0.4, 0.5) is 0 Å². The Bertz CT molecular complexity index is 103. The molecule has 0 aromatic rings. The van der Waals surface area contributed by atoms with Crippen LogP contribution in [-0.4, -0.2) is 11.1 Å². The number of rotatable bonds is 4. The average Bonchev–Trinajstić information content (AvgIpc) is 1.90. The molecule has 0 heterocycles. The Labute approximate surface area is 88.7 Å². The molecule has 0 saturated carbocycles. The van der Waals surface area contributed by atoms with Crippen molar-refractivity contribution in [2.24, 2.45) is 0 Å². The maximum absolute atomic E-state index is 5.79. The standard InChI is InChI=1S/C5H10B2Cl4/c1-3-5(4-2,6(8)9)7(10)11/h3-4H2,1-2H3. The van der Waals surface area contributed by atoms with E-state index >= 15 is 0 Å². The molecular formula is C5H10B2Cl4. The fourth-order valence-electron chi connectivity index (χ4n) is 0.962. The molecule has 0 fully saturated rings. The minimum atomic E-state index is -0.502. The number of halogens is 4. The first-order chi connectivity index (χ1) is 5.01. The lowest BCUT2D eigenvalue weighted by Crippen LogP contribution is -2.32. The molecule has 0 aliphatic rings. The molecule has 0 aliphatic carbocycles. The fraction of sp³-hybridized carbons (Fsp3) is 1.00. The predicted molar refractivity (Wildman–Crippen MR) is 58.2 cm³/mol. The van der Waals surface area contributed by atoms with Gasteiger partial charge in [0.15, 0.2) is 0 Å². The molecule has 0 aromatic carbocycles. The molecule has 0 radical (unpaired) electrons. The summed E-state index contributed by atoms with van der Waals surface area (Å²) in [6, 6.07) is 0. The molecule has 0 saturated heterocycles. The first-order valence-corrected chi connectivity index (χ1v) is 5.32. The van der Waals surface area contributed by atoms with Gasteiger partial charge in [0.25, 0.3) is 0 Å². The SMILES string of the molecule is CCC(CC)(B(Cl)Cl)B(Cl)Cl. The first kappa shape index (κ1) is 12.3. The highest BCUT2D eigenvalue weighted by Crippen LogP contribution is 2.46. The van der Waals surface area contributed by atoms with Crippen LogP contribution >= 0.6 is 45.8 Å². The molecule has 11 heavy (non-hydrogen) atoms. The largest absolute Gasteiger partial charge is 0.353 e. The molecular weight excluding hydrogens is 223 g/mol. The molecule has 64 valence electrons. The van der Waals surface area contributed by atoms with Crippen LogP contribution < -0.4 is 0 Å². The van der Waals surface area contributed by atoms with E-state index in [2.05, 4.69) is 0 Å². The summed E-state index contributed by atoms with van der Waals surface area (Å²) in [5.74, 6) is 0. The van der Waals surface area contributed by atoms with Gasteiger partial charge in [-0.15, -0.1) is 0 Å². The van der Waals surface area contributed by atoms with E-state index in [9.17, 15) is 0 Å². The van der Waals surface area contributed by atoms with E-state index in [1.807, 2.05) is 13.8 Å². The summed E-state index contributed by atoms with van der Waals surface area (Å²) in [7, 11) is 0. The van der Waals surface area contributed by atoms with E-state index in [-0.39, 0.29) is 5.21 Å². The maximum atomic E-state index is 5.79. The van der Waals surface area contributed by atoms with Crippen molar-refractivity contribution in [3.63, 3.8) is 0 Å². The fourth-order valence-corrected chi connectivity index (χ4v) is 2.96. The Morgan fingerprint density at radius 1 is 0.909 bits per heavy atom. The van der Waals surface area contributed by atoms with Gasteiger partial charge in [0.1, 0.15) is 0 Å². The average molecular weight is 234 g/mol. The van der Waals surface area contributed by atoms with Crippen LogP contribution in [0.15, 0.2) is 0 Å². The quantitative estimate of drug-likeness (QED) is 0.644. The van der Waals surface area contributed by atoms with Gasteiger partial charge in [-0.2, -0.15) is 45.8 Å². The van der Waals surface area contributed by atoms with Crippen molar-refractivity contribution in [3.8, 4) is 0 Å². The summed E-state index contributed by atoms with van der Waals surface area (Å²) in [4.78, 5) is 0. The van der Waals surface area contributed by atoms with E-state index in [0.717, 1.165) is 12.8 Å². The Balaban J connectivity index is 4.46. The predicted octanol–water partition coefficient (Wildman–Crippen LogP) is 4.02. The van der Waals surface area contributed by atoms with Gasteiger partial charge in [0.05, 0.1) is 0 Å². The van der Waals surface area contributed by atoms with E-state index in [1.165, 1.54) is 0 Å². The summed E-state index contributed by atoms with van der Waals surface area (Å²) < 4.78 is 0. The van der Waals surface area contributed by atoms with Crippen LogP contribution in [0.5, 0.6) is 0 Å². The number of hydrogen-bond acceptors (Lipinski definition) is 0. The van der Waals surface area contributed by atoms with Crippen molar-refractivity contribution in [1.29, 1.82) is 0 Å². The zero-order chi connectivity index (χ0) is 9.07. The highest BCUT2D eigenvalue weighted by atomic mass is 35.5. The first-order valence-electron chi connectivity index (χ1n) is 3.57. The van der Waals surface area contributed by atoms with E-state index in [1.54, 1.807) is 0 Å². The topological polar surface area (TPSA) is 0 Å². The normalized spacial score (nSPS) is 11.5. The van der Waals surface area contributed by atoms with Gasteiger partial charge in [-0.1, -0.05) is 26.7 Å². The molecule has 0 aliphatic heterocycles. The van der Waals surface area contributed by atoms with Crippen LogP contribution in [0.25, 0.3) is 0 Å². The second-order valence-electron chi connectivity index (χ2n) is 2.54. The van der Waals surface area contributed by atoms with Gasteiger partial charge in [0.2, 0.25) is 0 Å². The van der Waals surface area contributed by atoms with Crippen molar-refractivity contribution in [3.05, 3.63) is 0 Å². The van der Waals surface area contributed by atoms with Crippen LogP contribution in [0.3, 0.4) is 0 Å². The Morgan fingerprint density at radius 3 is 1.18 bits per heavy atom. The molecule has 0 spiro atoms. The summed E-state index contributed by atoms with van der Waals surface area (Å²) in [6.07, 6.45) is 1.58. The molecule has 0 N–H and O–H groups in total. The lowest BCUT2D eigenvalue weighted by atomic mass is 9.48. The molecule has 0 amide bonds. The molecule has 0 atom stereocenters. The molecule has 0 bridgehead atoms. The minimum absolute atomic E-state index is 0.355. The Morgan fingerprint density at radius 2 is 1.18 bits per heavy atom. The highest BCUT2D eigenvalue weighted by molar-refractivity contribution is 7.46. The van der Waals surface area contributed by atoms with Crippen molar-refractivity contribution in [2.75, 3.05) is 0 Å². The third-order valence-corrected chi connectivity index (χ3v) is 3.92. The monoisotopic (exact) mass is 232 g/mol. The van der Waals surface area contributed by atoms with Gasteiger partial charge >= 0.3 is 11.1 Å². The van der Waals surface area contributed by atoms with E-state index < -0.39 is 11.1 Å². The van der Waals surface area contributed by atoms with Gasteiger partial charge in [-0.25, -0.2) is 0 Å². The van der Waals surface area contributed by atoms with Gasteiger partial charge in [0, 0.05) is 0 Å². The van der Waals surface area contributed by atoms with Crippen LogP contribution in [0.1, 0.15) is 26.7 Å². The lowest BCUT2D eigenvalue weighted by Gasteiger charge is -2.30. The third-order valence-electron chi connectivity index (χ3n) is 2.19. The van der Waals surface area contributed by atoms with Crippen molar-refractivity contribution in [1.82, 2.24) is 0 Å². The van der Waals surface area contributed by atoms with Gasteiger partial charge < -0.3 is 0 Å². The second-order valence-corrected chi connectivity index (χ2v) is 4.73. The zero-order valence-corrected chi connectivity index (χ0v) is 9.60. The molecule has 6 heteroatoms. The van der Waals surface area contributed by atoms with E-state index in [0.29, 0.717) is 0 Å². The van der Waals surface area contributed by atoms with Crippen molar-refractivity contribution in [2.45, 2.75) is 31.9 Å². The molecule has 0 aromatic heterocycles. The third kappa shape index (κ3) is 2.62. The van der Waals surface area contributed by atoms with Crippen molar-refractivity contribution >= 4 is 56.9 Å². The van der Waals surface area contributed by atoms with E-state index in [4.69, 9.17) is 45.8 Å².